The third-order valence-electron chi connectivity index (χ3n) is 3.90. The summed E-state index contributed by atoms with van der Waals surface area (Å²) >= 11 is -1.28. The summed E-state index contributed by atoms with van der Waals surface area (Å²) in [5.41, 5.74) is 4.32. The van der Waals surface area contributed by atoms with Crippen LogP contribution in [0.15, 0.2) is 45.2 Å². The van der Waals surface area contributed by atoms with E-state index in [1.54, 1.807) is 0 Å². The molecule has 0 amide bonds. The molecule has 0 unspecified atom stereocenters. The topological polar surface area (TPSA) is 48.6 Å². The lowest BCUT2D eigenvalue weighted by Gasteiger charge is -2.18. The van der Waals surface area contributed by atoms with E-state index in [0.29, 0.717) is 0 Å². The number of nitrogens with zero attached hydrogens (tertiary/aromatic N) is 1. The van der Waals surface area contributed by atoms with Crippen molar-refractivity contribution in [3.63, 3.8) is 0 Å². The monoisotopic (exact) mass is 351 g/mol. The van der Waals surface area contributed by atoms with E-state index in [1.807, 2.05) is 71.0 Å². The van der Waals surface area contributed by atoms with Crippen LogP contribution in [-0.4, -0.2) is 15.0 Å². The van der Waals surface area contributed by atoms with E-state index in [-0.39, 0.29) is 4.75 Å². The van der Waals surface area contributed by atoms with Gasteiger partial charge in [-0.15, -0.1) is 5.92 Å². The minimum absolute atomic E-state index is 0.374. The number of hydrogen-bond donors (Lipinski definition) is 0. The molecule has 0 bridgehead atoms. The minimum Gasteiger partial charge on any atom is -0.591 e. The maximum absolute atomic E-state index is 12.3. The molecule has 0 aliphatic rings. The average Bonchev–Trinajstić information content (AvgIpc) is 2.91. The summed E-state index contributed by atoms with van der Waals surface area (Å²) in [5, 5.41) is 2.05. The van der Waals surface area contributed by atoms with Crippen LogP contribution in [-0.2, 0) is 11.4 Å². The molecule has 0 N–H and O–H groups in total. The molecule has 1 aromatic heterocycles. The van der Waals surface area contributed by atoms with Crippen LogP contribution in [0.1, 0.15) is 45.7 Å². The summed E-state index contributed by atoms with van der Waals surface area (Å²) in [7, 11) is 0. The summed E-state index contributed by atoms with van der Waals surface area (Å²) in [6.07, 6.45) is 0. The van der Waals surface area contributed by atoms with Crippen LogP contribution in [0.25, 0.3) is 21.9 Å². The Kier molecular flexibility index (Phi) is 4.64. The van der Waals surface area contributed by atoms with Crippen molar-refractivity contribution in [2.75, 3.05) is 0 Å². The normalized spacial score (nSPS) is 13.8. The molecule has 0 radical (unpaired) electrons. The van der Waals surface area contributed by atoms with Gasteiger partial charge in [0.15, 0.2) is 0 Å². The predicted octanol–water partition coefficient (Wildman–Crippen LogP) is 5.23. The van der Waals surface area contributed by atoms with Crippen molar-refractivity contribution in [1.82, 2.24) is 0 Å². The smallest absolute Gasteiger partial charge is 0.144 e. The third kappa shape index (κ3) is 3.58. The van der Waals surface area contributed by atoms with Gasteiger partial charge in [0.1, 0.15) is 27.3 Å². The molecular formula is C21H21NO2S. The summed E-state index contributed by atoms with van der Waals surface area (Å²) in [5.74, 6) is 6.00. The van der Waals surface area contributed by atoms with Crippen molar-refractivity contribution in [3.8, 4) is 11.8 Å². The Labute approximate surface area is 151 Å². The van der Waals surface area contributed by atoms with Gasteiger partial charge in [0.05, 0.1) is 5.71 Å². The maximum Gasteiger partial charge on any atom is 0.144 e. The predicted molar refractivity (Wildman–Crippen MR) is 106 cm³/mol. The molecule has 0 aliphatic heterocycles. The first-order valence-electron chi connectivity index (χ1n) is 8.16. The summed E-state index contributed by atoms with van der Waals surface area (Å²) in [6.45, 7) is 9.47. The highest BCUT2D eigenvalue weighted by atomic mass is 32.2. The van der Waals surface area contributed by atoms with E-state index < -0.39 is 11.4 Å². The van der Waals surface area contributed by atoms with Crippen LogP contribution in [0.3, 0.4) is 0 Å². The van der Waals surface area contributed by atoms with Gasteiger partial charge in [-0.1, -0.05) is 10.3 Å². The van der Waals surface area contributed by atoms with Gasteiger partial charge in [0, 0.05) is 21.9 Å². The summed E-state index contributed by atoms with van der Waals surface area (Å²) in [4.78, 5) is 0. The van der Waals surface area contributed by atoms with E-state index in [4.69, 9.17) is 4.42 Å². The lowest BCUT2D eigenvalue weighted by molar-refractivity contribution is 0.561. The van der Waals surface area contributed by atoms with Gasteiger partial charge in [0.2, 0.25) is 0 Å². The SMILES string of the molecule is CC#Cc1ccc2oc3ccc(/C(C)=N/[S@+]([O-])C(C)(C)C)cc3c2c1. The Hall–Kier alpha value is -2.22. The molecule has 0 saturated heterocycles. The second-order valence-electron chi connectivity index (χ2n) is 6.94. The molecule has 0 saturated carbocycles. The zero-order chi connectivity index (χ0) is 18.2. The number of hydrogen-bond acceptors (Lipinski definition) is 3. The fourth-order valence-corrected chi connectivity index (χ4v) is 3.17. The largest absolute Gasteiger partial charge is 0.591 e. The molecule has 25 heavy (non-hydrogen) atoms. The lowest BCUT2D eigenvalue weighted by Crippen LogP contribution is -2.26. The van der Waals surface area contributed by atoms with Gasteiger partial charge >= 0.3 is 0 Å². The second kappa shape index (κ2) is 6.59. The first-order chi connectivity index (χ1) is 11.8. The average molecular weight is 351 g/mol. The van der Waals surface area contributed by atoms with Crippen molar-refractivity contribution in [2.24, 2.45) is 4.40 Å². The highest BCUT2D eigenvalue weighted by molar-refractivity contribution is 7.91. The molecule has 0 aliphatic carbocycles. The first kappa shape index (κ1) is 17.6. The van der Waals surface area contributed by atoms with Crippen LogP contribution >= 0.6 is 0 Å². The van der Waals surface area contributed by atoms with E-state index in [2.05, 4.69) is 16.2 Å². The van der Waals surface area contributed by atoms with E-state index in [0.717, 1.165) is 38.8 Å². The molecule has 3 aromatic rings. The second-order valence-corrected chi connectivity index (χ2v) is 8.84. The fraction of sp³-hybridized carbons (Fsp3) is 0.286. The lowest BCUT2D eigenvalue weighted by atomic mass is 10.1. The van der Waals surface area contributed by atoms with Gasteiger partial charge < -0.3 is 8.97 Å². The number of rotatable bonds is 2. The molecule has 2 aromatic carbocycles. The fourth-order valence-electron chi connectivity index (χ4n) is 2.54. The first-order valence-corrected chi connectivity index (χ1v) is 9.27. The molecule has 0 fully saturated rings. The summed E-state index contributed by atoms with van der Waals surface area (Å²) in [6, 6.07) is 11.9. The van der Waals surface area contributed by atoms with Crippen molar-refractivity contribution < 1.29 is 8.97 Å². The molecule has 1 atom stereocenters. The zero-order valence-electron chi connectivity index (χ0n) is 15.1. The van der Waals surface area contributed by atoms with Gasteiger partial charge in [-0.3, -0.25) is 0 Å². The van der Waals surface area contributed by atoms with Crippen molar-refractivity contribution >= 4 is 39.0 Å². The highest BCUT2D eigenvalue weighted by Gasteiger charge is 2.26. The molecule has 0 spiro atoms. The molecule has 3 nitrogen and oxygen atoms in total. The van der Waals surface area contributed by atoms with Crippen molar-refractivity contribution in [2.45, 2.75) is 39.4 Å². The standard InChI is InChI=1S/C21H21NO2S/c1-6-7-15-8-10-19-17(12-15)18-13-16(9-11-20(18)24-19)14(2)22-25(23)21(3,4)5/h8-13H,1-5H3/b22-14+/t25-/m1/s1. The van der Waals surface area contributed by atoms with Crippen LogP contribution < -0.4 is 0 Å². The molecule has 1 heterocycles. The Morgan fingerprint density at radius 1 is 1.08 bits per heavy atom. The molecule has 3 rings (SSSR count). The van der Waals surface area contributed by atoms with Crippen LogP contribution in [0.4, 0.5) is 0 Å². The zero-order valence-corrected chi connectivity index (χ0v) is 16.0. The summed E-state index contributed by atoms with van der Waals surface area (Å²) < 4.78 is 22.2. The Bertz CT molecular complexity index is 1030. The van der Waals surface area contributed by atoms with Crippen LogP contribution in [0.5, 0.6) is 0 Å². The van der Waals surface area contributed by atoms with Gasteiger partial charge in [-0.2, -0.15) is 0 Å². The Balaban J connectivity index is 2.12. The number of benzene rings is 2. The van der Waals surface area contributed by atoms with Crippen molar-refractivity contribution in [1.29, 1.82) is 0 Å². The van der Waals surface area contributed by atoms with Crippen molar-refractivity contribution in [3.05, 3.63) is 47.5 Å². The third-order valence-corrected chi connectivity index (χ3v) is 5.39. The highest BCUT2D eigenvalue weighted by Crippen LogP contribution is 2.30. The number of fused-ring (bicyclic) bond motifs is 3. The van der Waals surface area contributed by atoms with E-state index in [9.17, 15) is 4.55 Å². The number of furan rings is 1. The Morgan fingerprint density at radius 3 is 2.36 bits per heavy atom. The van der Waals surface area contributed by atoms with E-state index in [1.165, 1.54) is 0 Å². The minimum atomic E-state index is -1.28. The molecule has 4 heteroatoms. The van der Waals surface area contributed by atoms with E-state index >= 15 is 0 Å². The Morgan fingerprint density at radius 2 is 1.72 bits per heavy atom. The molecular weight excluding hydrogens is 330 g/mol. The van der Waals surface area contributed by atoms with Gasteiger partial charge in [-0.05, 0) is 71.0 Å². The van der Waals surface area contributed by atoms with Gasteiger partial charge in [0.25, 0.3) is 0 Å². The maximum atomic E-state index is 12.3. The van der Waals surface area contributed by atoms with Crippen LogP contribution in [0, 0.1) is 11.8 Å². The molecule has 128 valence electrons. The van der Waals surface area contributed by atoms with Gasteiger partial charge in [-0.25, -0.2) is 0 Å². The van der Waals surface area contributed by atoms with Crippen LogP contribution in [0.2, 0.25) is 0 Å². The quantitative estimate of drug-likeness (QED) is 0.361.